The summed E-state index contributed by atoms with van der Waals surface area (Å²) in [6.45, 7) is 5.99. The molecule has 0 saturated heterocycles. The van der Waals surface area contributed by atoms with E-state index >= 15 is 0 Å². The van der Waals surface area contributed by atoms with Gasteiger partial charge < -0.3 is 0 Å². The molecule has 1 rings (SSSR count). The molecular weight excluding hydrogens is 190 g/mol. The van der Waals surface area contributed by atoms with Gasteiger partial charge in [0.2, 0.25) is 0 Å². The van der Waals surface area contributed by atoms with Gasteiger partial charge in [0, 0.05) is 6.07 Å². The number of hydrogen-bond acceptors (Lipinski definition) is 2. The number of rotatable bonds is 5. The van der Waals surface area contributed by atoms with Crippen LogP contribution in [-0.2, 0) is 0 Å². The van der Waals surface area contributed by atoms with Crippen LogP contribution in [0.3, 0.4) is 0 Å². The molecule has 0 bridgehead atoms. The predicted octanol–water partition coefficient (Wildman–Crippen LogP) is 3.80. The molecule has 0 atom stereocenters. The fraction of sp³-hybridized carbons (Fsp3) is 0.333. The molecule has 0 N–H and O–H groups in total. The van der Waals surface area contributed by atoms with Crippen molar-refractivity contribution in [3.63, 3.8) is 0 Å². The molecule has 1 aromatic carbocycles. The zero-order valence-corrected chi connectivity index (χ0v) is 8.90. The minimum Gasteiger partial charge on any atom is -0.258 e. The zero-order valence-electron chi connectivity index (χ0n) is 8.90. The van der Waals surface area contributed by atoms with Crippen molar-refractivity contribution < 1.29 is 4.92 Å². The summed E-state index contributed by atoms with van der Waals surface area (Å²) < 4.78 is 0. The first-order valence-corrected chi connectivity index (χ1v) is 5.08. The zero-order chi connectivity index (χ0) is 11.3. The lowest BCUT2D eigenvalue weighted by molar-refractivity contribution is -0.385. The Morgan fingerprint density at radius 3 is 2.73 bits per heavy atom. The molecule has 0 aromatic heterocycles. The summed E-state index contributed by atoms with van der Waals surface area (Å²) in [6, 6.07) is 6.76. The molecule has 0 radical (unpaired) electrons. The Hall–Kier alpha value is -1.64. The number of allylic oxidation sites excluding steroid dienone is 1. The van der Waals surface area contributed by atoms with Crippen LogP contribution in [-0.4, -0.2) is 4.92 Å². The van der Waals surface area contributed by atoms with E-state index in [9.17, 15) is 10.1 Å². The molecule has 0 aliphatic carbocycles. The van der Waals surface area contributed by atoms with Crippen molar-refractivity contribution in [3.8, 4) is 0 Å². The Morgan fingerprint density at radius 1 is 1.47 bits per heavy atom. The fourth-order valence-electron chi connectivity index (χ4n) is 1.46. The summed E-state index contributed by atoms with van der Waals surface area (Å²) in [6.07, 6.45) is 2.91. The van der Waals surface area contributed by atoms with E-state index in [2.05, 4.69) is 13.5 Å². The largest absolute Gasteiger partial charge is 0.276 e. The second kappa shape index (κ2) is 5.29. The predicted molar refractivity (Wildman–Crippen MR) is 61.7 cm³/mol. The highest BCUT2D eigenvalue weighted by Crippen LogP contribution is 2.27. The van der Waals surface area contributed by atoms with Gasteiger partial charge in [-0.05, 0) is 24.5 Å². The summed E-state index contributed by atoms with van der Waals surface area (Å²) in [4.78, 5) is 10.4. The standard InChI is InChI=1S/C12H15NO2/c1-3-4-7-10(2)11-8-5-6-9-12(11)13(14)15/h5-6,8-9H,2-4,7H2,1H3. The highest BCUT2D eigenvalue weighted by atomic mass is 16.6. The summed E-state index contributed by atoms with van der Waals surface area (Å²) in [5.74, 6) is 0. The SMILES string of the molecule is C=C(CCCC)c1ccccc1[N+](=O)[O-]. The maximum Gasteiger partial charge on any atom is 0.276 e. The van der Waals surface area contributed by atoms with Gasteiger partial charge in [-0.3, -0.25) is 10.1 Å². The molecule has 0 saturated carbocycles. The lowest BCUT2D eigenvalue weighted by Gasteiger charge is -2.05. The number of benzene rings is 1. The number of unbranched alkanes of at least 4 members (excludes halogenated alkanes) is 1. The van der Waals surface area contributed by atoms with Crippen molar-refractivity contribution in [2.24, 2.45) is 0 Å². The summed E-state index contributed by atoms with van der Waals surface area (Å²) in [5, 5.41) is 10.8. The van der Waals surface area contributed by atoms with E-state index in [0.717, 1.165) is 24.8 Å². The van der Waals surface area contributed by atoms with Gasteiger partial charge in [0.25, 0.3) is 5.69 Å². The number of nitro benzene ring substituents is 1. The van der Waals surface area contributed by atoms with Gasteiger partial charge >= 0.3 is 0 Å². The van der Waals surface area contributed by atoms with Crippen molar-refractivity contribution in [2.75, 3.05) is 0 Å². The van der Waals surface area contributed by atoms with Crippen LogP contribution in [0.15, 0.2) is 30.8 Å². The molecule has 0 aliphatic heterocycles. The third kappa shape index (κ3) is 2.91. The van der Waals surface area contributed by atoms with Gasteiger partial charge in [-0.1, -0.05) is 32.1 Å². The van der Waals surface area contributed by atoms with Crippen LogP contribution in [0.2, 0.25) is 0 Å². The summed E-state index contributed by atoms with van der Waals surface area (Å²) in [7, 11) is 0. The van der Waals surface area contributed by atoms with Gasteiger partial charge in [0.1, 0.15) is 0 Å². The monoisotopic (exact) mass is 205 g/mol. The van der Waals surface area contributed by atoms with Crippen molar-refractivity contribution in [2.45, 2.75) is 26.2 Å². The van der Waals surface area contributed by atoms with Crippen molar-refractivity contribution >= 4 is 11.3 Å². The molecule has 0 fully saturated rings. The maximum atomic E-state index is 10.8. The first kappa shape index (κ1) is 11.4. The number of nitro groups is 1. The molecule has 15 heavy (non-hydrogen) atoms. The topological polar surface area (TPSA) is 43.1 Å². The number of para-hydroxylation sites is 1. The maximum absolute atomic E-state index is 10.8. The lowest BCUT2D eigenvalue weighted by Crippen LogP contribution is -1.94. The van der Waals surface area contributed by atoms with Crippen LogP contribution in [0.5, 0.6) is 0 Å². The Bertz CT molecular complexity index is 372. The third-order valence-corrected chi connectivity index (χ3v) is 2.31. The highest BCUT2D eigenvalue weighted by molar-refractivity contribution is 5.71. The molecule has 0 aliphatic rings. The lowest BCUT2D eigenvalue weighted by atomic mass is 10.0. The van der Waals surface area contributed by atoms with Crippen molar-refractivity contribution in [1.82, 2.24) is 0 Å². The summed E-state index contributed by atoms with van der Waals surface area (Å²) in [5.41, 5.74) is 1.67. The average Bonchev–Trinajstić information content (AvgIpc) is 2.25. The van der Waals surface area contributed by atoms with Crippen LogP contribution in [0.1, 0.15) is 31.7 Å². The van der Waals surface area contributed by atoms with Gasteiger partial charge in [-0.2, -0.15) is 0 Å². The van der Waals surface area contributed by atoms with Crippen molar-refractivity contribution in [3.05, 3.63) is 46.5 Å². The van der Waals surface area contributed by atoms with Crippen LogP contribution in [0.25, 0.3) is 5.57 Å². The Kier molecular flexibility index (Phi) is 4.03. The van der Waals surface area contributed by atoms with Crippen LogP contribution >= 0.6 is 0 Å². The van der Waals surface area contributed by atoms with E-state index < -0.39 is 0 Å². The van der Waals surface area contributed by atoms with E-state index in [0.29, 0.717) is 5.56 Å². The second-order valence-electron chi connectivity index (χ2n) is 3.48. The van der Waals surface area contributed by atoms with E-state index in [1.807, 2.05) is 0 Å². The Morgan fingerprint density at radius 2 is 2.13 bits per heavy atom. The smallest absolute Gasteiger partial charge is 0.258 e. The molecule has 0 heterocycles. The Balaban J connectivity index is 2.92. The van der Waals surface area contributed by atoms with Crippen LogP contribution in [0, 0.1) is 10.1 Å². The molecule has 3 heteroatoms. The van der Waals surface area contributed by atoms with Gasteiger partial charge in [0.05, 0.1) is 10.5 Å². The Labute approximate surface area is 89.6 Å². The second-order valence-corrected chi connectivity index (χ2v) is 3.48. The average molecular weight is 205 g/mol. The van der Waals surface area contributed by atoms with Gasteiger partial charge in [0.15, 0.2) is 0 Å². The third-order valence-electron chi connectivity index (χ3n) is 2.31. The molecule has 0 spiro atoms. The normalized spacial score (nSPS) is 9.93. The van der Waals surface area contributed by atoms with E-state index in [1.165, 1.54) is 6.07 Å². The molecular formula is C12H15NO2. The summed E-state index contributed by atoms with van der Waals surface area (Å²) >= 11 is 0. The van der Waals surface area contributed by atoms with Crippen LogP contribution in [0.4, 0.5) is 5.69 Å². The fourth-order valence-corrected chi connectivity index (χ4v) is 1.46. The molecule has 0 unspecified atom stereocenters. The van der Waals surface area contributed by atoms with E-state index in [-0.39, 0.29) is 10.6 Å². The van der Waals surface area contributed by atoms with Crippen molar-refractivity contribution in [1.29, 1.82) is 0 Å². The molecule has 0 amide bonds. The van der Waals surface area contributed by atoms with Crippen LogP contribution < -0.4 is 0 Å². The quantitative estimate of drug-likeness (QED) is 0.542. The minimum atomic E-state index is -0.355. The highest BCUT2D eigenvalue weighted by Gasteiger charge is 2.13. The molecule has 80 valence electrons. The first-order chi connectivity index (χ1) is 7.16. The van der Waals surface area contributed by atoms with Gasteiger partial charge in [-0.25, -0.2) is 0 Å². The first-order valence-electron chi connectivity index (χ1n) is 5.08. The van der Waals surface area contributed by atoms with E-state index in [4.69, 9.17) is 0 Å². The van der Waals surface area contributed by atoms with E-state index in [1.54, 1.807) is 18.2 Å². The molecule has 3 nitrogen and oxygen atoms in total. The number of nitrogens with zero attached hydrogens (tertiary/aromatic N) is 1. The van der Waals surface area contributed by atoms with Gasteiger partial charge in [-0.15, -0.1) is 0 Å². The molecule has 1 aromatic rings. The minimum absolute atomic E-state index is 0.151. The number of hydrogen-bond donors (Lipinski definition) is 0.